The molecule has 0 amide bonds. The molecule has 0 aliphatic heterocycles. The third-order valence-electron chi connectivity index (χ3n) is 5.04. The van der Waals surface area contributed by atoms with Crippen molar-refractivity contribution in [2.24, 2.45) is 5.41 Å². The molecule has 1 atom stereocenters. The highest BCUT2D eigenvalue weighted by Gasteiger charge is 2.37. The monoisotopic (exact) mass is 357 g/mol. The Labute approximate surface area is 157 Å². The summed E-state index contributed by atoms with van der Waals surface area (Å²) in [6, 6.07) is 14.3. The average Bonchev–Trinajstić information content (AvgIpc) is 2.75. The first kappa shape index (κ1) is 17.1. The number of hydrogen-bond acceptors (Lipinski definition) is 4. The first-order chi connectivity index (χ1) is 12.8. The van der Waals surface area contributed by atoms with Crippen LogP contribution in [0.25, 0.3) is 22.6 Å². The third kappa shape index (κ3) is 2.63. The van der Waals surface area contributed by atoms with Crippen LogP contribution in [0.4, 0.5) is 0 Å². The van der Waals surface area contributed by atoms with Crippen molar-refractivity contribution in [2.45, 2.75) is 26.7 Å². The summed E-state index contributed by atoms with van der Waals surface area (Å²) in [5, 5.41) is 20.3. The van der Waals surface area contributed by atoms with Crippen molar-refractivity contribution in [3.05, 3.63) is 75.1 Å². The van der Waals surface area contributed by atoms with E-state index in [9.17, 15) is 15.2 Å². The van der Waals surface area contributed by atoms with Gasteiger partial charge >= 0.3 is 0 Å². The molecule has 0 fully saturated rings. The maximum atomic E-state index is 13.2. The van der Waals surface area contributed by atoms with Crippen LogP contribution < -0.4 is 5.43 Å². The molecule has 27 heavy (non-hydrogen) atoms. The topological polar surface area (TPSA) is 74.2 Å². The summed E-state index contributed by atoms with van der Waals surface area (Å²) >= 11 is 0. The molecular formula is C23H19NO3. The molecule has 134 valence electrons. The standard InChI is InChI=1S/C23H19NO3/c1-23(2,3)20-17-11-14(25)8-9-15(17)13(12-24)10-18-21(26)16-6-4-5-7-19(16)27-22(18)20/h4-11,20,25H,1-3H3. The summed E-state index contributed by atoms with van der Waals surface area (Å²) in [6.45, 7) is 6.17. The van der Waals surface area contributed by atoms with E-state index in [1.807, 2.05) is 6.07 Å². The number of nitrogens with zero attached hydrogens (tertiary/aromatic N) is 1. The second kappa shape index (κ2) is 5.85. The number of rotatable bonds is 0. The lowest BCUT2D eigenvalue weighted by atomic mass is 9.73. The van der Waals surface area contributed by atoms with Crippen LogP contribution in [-0.4, -0.2) is 5.11 Å². The van der Waals surface area contributed by atoms with Crippen LogP contribution >= 0.6 is 0 Å². The lowest BCUT2D eigenvalue weighted by Gasteiger charge is -2.31. The molecule has 1 N–H and O–H groups in total. The van der Waals surface area contributed by atoms with Gasteiger partial charge in [0, 0.05) is 5.92 Å². The van der Waals surface area contributed by atoms with E-state index >= 15 is 0 Å². The summed E-state index contributed by atoms with van der Waals surface area (Å²) < 4.78 is 6.24. The normalized spacial score (nSPS) is 16.1. The zero-order valence-electron chi connectivity index (χ0n) is 15.4. The zero-order valence-corrected chi connectivity index (χ0v) is 15.4. The summed E-state index contributed by atoms with van der Waals surface area (Å²) in [4.78, 5) is 13.2. The Bertz CT molecular complexity index is 1200. The molecule has 0 bridgehead atoms. The summed E-state index contributed by atoms with van der Waals surface area (Å²) in [5.74, 6) is 0.351. The number of fused-ring (bicyclic) bond motifs is 3. The Balaban J connectivity index is 2.21. The first-order valence-corrected chi connectivity index (χ1v) is 8.82. The molecule has 0 saturated carbocycles. The molecule has 1 unspecified atom stereocenters. The Kier molecular flexibility index (Phi) is 3.71. The molecule has 0 radical (unpaired) electrons. The smallest absolute Gasteiger partial charge is 0.200 e. The quantitative estimate of drug-likeness (QED) is 0.611. The van der Waals surface area contributed by atoms with Gasteiger partial charge in [-0.15, -0.1) is 0 Å². The van der Waals surface area contributed by atoms with Gasteiger partial charge in [-0.1, -0.05) is 32.9 Å². The van der Waals surface area contributed by atoms with Crippen LogP contribution in [-0.2, 0) is 0 Å². The minimum absolute atomic E-state index is 0.117. The number of phenolic OH excluding ortho intramolecular Hbond substituents is 1. The lowest BCUT2D eigenvalue weighted by Crippen LogP contribution is -2.23. The van der Waals surface area contributed by atoms with Gasteiger partial charge in [-0.25, -0.2) is 0 Å². The van der Waals surface area contributed by atoms with Crippen molar-refractivity contribution in [3.63, 3.8) is 0 Å². The molecule has 1 heterocycles. The fraction of sp³-hybridized carbons (Fsp3) is 0.217. The largest absolute Gasteiger partial charge is 0.508 e. The minimum atomic E-state index is -0.311. The number of allylic oxidation sites excluding steroid dienone is 1. The fourth-order valence-corrected chi connectivity index (χ4v) is 3.87. The van der Waals surface area contributed by atoms with Gasteiger partial charge in [0.15, 0.2) is 5.43 Å². The molecule has 1 aliphatic carbocycles. The van der Waals surface area contributed by atoms with Gasteiger partial charge < -0.3 is 9.52 Å². The molecule has 4 rings (SSSR count). The van der Waals surface area contributed by atoms with Crippen molar-refractivity contribution in [1.29, 1.82) is 5.26 Å². The predicted molar refractivity (Wildman–Crippen MR) is 105 cm³/mol. The van der Waals surface area contributed by atoms with Crippen molar-refractivity contribution in [1.82, 2.24) is 0 Å². The van der Waals surface area contributed by atoms with Crippen molar-refractivity contribution in [2.75, 3.05) is 0 Å². The van der Waals surface area contributed by atoms with Crippen LogP contribution in [0.1, 0.15) is 49.1 Å². The van der Waals surface area contributed by atoms with Crippen LogP contribution in [0.5, 0.6) is 5.75 Å². The number of nitriles is 1. The van der Waals surface area contributed by atoms with Gasteiger partial charge in [0.1, 0.15) is 17.1 Å². The highest BCUT2D eigenvalue weighted by atomic mass is 16.3. The van der Waals surface area contributed by atoms with E-state index in [1.54, 1.807) is 42.5 Å². The van der Waals surface area contributed by atoms with E-state index in [-0.39, 0.29) is 22.5 Å². The van der Waals surface area contributed by atoms with E-state index in [4.69, 9.17) is 4.42 Å². The summed E-state index contributed by atoms with van der Waals surface area (Å²) in [6.07, 6.45) is 1.62. The average molecular weight is 357 g/mol. The Morgan fingerprint density at radius 1 is 1.15 bits per heavy atom. The Hall–Kier alpha value is -3.32. The molecule has 0 saturated heterocycles. The van der Waals surface area contributed by atoms with Gasteiger partial charge in [0.25, 0.3) is 0 Å². The third-order valence-corrected chi connectivity index (χ3v) is 5.04. The van der Waals surface area contributed by atoms with Gasteiger partial charge in [-0.2, -0.15) is 5.26 Å². The fourth-order valence-electron chi connectivity index (χ4n) is 3.87. The molecule has 1 aromatic heterocycles. The van der Waals surface area contributed by atoms with Gasteiger partial charge in [0.2, 0.25) is 0 Å². The number of benzene rings is 2. The first-order valence-electron chi connectivity index (χ1n) is 8.82. The second-order valence-corrected chi connectivity index (χ2v) is 7.95. The van der Waals surface area contributed by atoms with E-state index in [1.165, 1.54) is 0 Å². The van der Waals surface area contributed by atoms with E-state index in [0.717, 1.165) is 5.56 Å². The Morgan fingerprint density at radius 2 is 1.89 bits per heavy atom. The molecule has 3 aromatic rings. The lowest BCUT2D eigenvalue weighted by molar-refractivity contribution is 0.316. The van der Waals surface area contributed by atoms with Crippen LogP contribution in [0.3, 0.4) is 0 Å². The molecule has 4 nitrogen and oxygen atoms in total. The van der Waals surface area contributed by atoms with Crippen molar-refractivity contribution < 1.29 is 9.52 Å². The molecular weight excluding hydrogens is 338 g/mol. The van der Waals surface area contributed by atoms with Crippen molar-refractivity contribution in [3.8, 4) is 11.8 Å². The molecule has 0 spiro atoms. The number of aromatic hydroxyl groups is 1. The molecule has 2 aromatic carbocycles. The maximum absolute atomic E-state index is 13.2. The predicted octanol–water partition coefficient (Wildman–Crippen LogP) is 5.05. The molecule has 4 heteroatoms. The number of hydrogen-bond donors (Lipinski definition) is 1. The van der Waals surface area contributed by atoms with Gasteiger partial charge in [-0.05, 0) is 52.9 Å². The van der Waals surface area contributed by atoms with E-state index < -0.39 is 0 Å². The molecule has 1 aliphatic rings. The van der Waals surface area contributed by atoms with Gasteiger partial charge in [0.05, 0.1) is 22.6 Å². The van der Waals surface area contributed by atoms with Crippen LogP contribution in [0.15, 0.2) is 51.7 Å². The highest BCUT2D eigenvalue weighted by Crippen LogP contribution is 2.47. The van der Waals surface area contributed by atoms with E-state index in [0.29, 0.717) is 33.4 Å². The zero-order chi connectivity index (χ0) is 19.3. The SMILES string of the molecule is CC(C)(C)C1c2cc(O)ccc2C(C#N)=Cc2c1oc1ccccc1c2=O. The Morgan fingerprint density at radius 3 is 2.59 bits per heavy atom. The van der Waals surface area contributed by atoms with Crippen LogP contribution in [0.2, 0.25) is 0 Å². The van der Waals surface area contributed by atoms with Gasteiger partial charge in [-0.3, -0.25) is 4.79 Å². The summed E-state index contributed by atoms with van der Waals surface area (Å²) in [5.41, 5.74) is 2.35. The minimum Gasteiger partial charge on any atom is -0.508 e. The summed E-state index contributed by atoms with van der Waals surface area (Å²) in [7, 11) is 0. The maximum Gasteiger partial charge on any atom is 0.200 e. The van der Waals surface area contributed by atoms with Crippen LogP contribution in [0, 0.1) is 16.7 Å². The second-order valence-electron chi connectivity index (χ2n) is 7.95. The highest BCUT2D eigenvalue weighted by molar-refractivity contribution is 5.94. The van der Waals surface area contributed by atoms with Crippen molar-refractivity contribution >= 4 is 22.6 Å². The number of para-hydroxylation sites is 1. The van der Waals surface area contributed by atoms with E-state index in [2.05, 4.69) is 26.8 Å². The number of phenols is 1.